The Morgan fingerprint density at radius 1 is 1.45 bits per heavy atom. The van der Waals surface area contributed by atoms with Gasteiger partial charge in [0.05, 0.1) is 0 Å². The van der Waals surface area contributed by atoms with Crippen LogP contribution in [0.15, 0.2) is 9.95 Å². The SMILES string of the molecule is CCCn1c(SCCC2CCCC2NCC)n[nH]c1=O. The zero-order chi connectivity index (χ0) is 14.4. The topological polar surface area (TPSA) is 62.7 Å². The minimum atomic E-state index is -0.0826. The first-order valence-corrected chi connectivity index (χ1v) is 8.76. The third-order valence-electron chi connectivity index (χ3n) is 4.02. The van der Waals surface area contributed by atoms with Crippen LogP contribution in [0.4, 0.5) is 0 Å². The predicted molar refractivity (Wildman–Crippen MR) is 83.3 cm³/mol. The Balaban J connectivity index is 1.82. The van der Waals surface area contributed by atoms with E-state index in [9.17, 15) is 4.79 Å². The fourth-order valence-corrected chi connectivity index (χ4v) is 4.09. The van der Waals surface area contributed by atoms with E-state index in [0.717, 1.165) is 36.3 Å². The van der Waals surface area contributed by atoms with Gasteiger partial charge in [-0.15, -0.1) is 5.10 Å². The first-order chi connectivity index (χ1) is 9.76. The van der Waals surface area contributed by atoms with Crippen LogP contribution in [0.1, 0.15) is 46.0 Å². The molecule has 0 aliphatic heterocycles. The molecule has 1 saturated carbocycles. The van der Waals surface area contributed by atoms with Crippen molar-refractivity contribution in [2.75, 3.05) is 12.3 Å². The van der Waals surface area contributed by atoms with Gasteiger partial charge in [-0.3, -0.25) is 4.57 Å². The summed E-state index contributed by atoms with van der Waals surface area (Å²) in [5.74, 6) is 1.83. The summed E-state index contributed by atoms with van der Waals surface area (Å²) in [5.41, 5.74) is -0.0826. The lowest BCUT2D eigenvalue weighted by atomic mass is 10.0. The van der Waals surface area contributed by atoms with Crippen LogP contribution in [0, 0.1) is 5.92 Å². The Morgan fingerprint density at radius 3 is 3.05 bits per heavy atom. The average molecular weight is 298 g/mol. The molecule has 1 heterocycles. The van der Waals surface area contributed by atoms with Gasteiger partial charge in [-0.25, -0.2) is 9.89 Å². The van der Waals surface area contributed by atoms with E-state index >= 15 is 0 Å². The summed E-state index contributed by atoms with van der Waals surface area (Å²) in [6.07, 6.45) is 6.15. The van der Waals surface area contributed by atoms with Crippen molar-refractivity contribution in [1.29, 1.82) is 0 Å². The molecule has 20 heavy (non-hydrogen) atoms. The lowest BCUT2D eigenvalue weighted by Gasteiger charge is -2.19. The highest BCUT2D eigenvalue weighted by atomic mass is 32.2. The molecule has 0 saturated heterocycles. The van der Waals surface area contributed by atoms with Gasteiger partial charge in [0.15, 0.2) is 5.16 Å². The summed E-state index contributed by atoms with van der Waals surface area (Å²) in [4.78, 5) is 11.6. The first kappa shape index (κ1) is 15.6. The smallest absolute Gasteiger partial charge is 0.314 e. The van der Waals surface area contributed by atoms with Crippen molar-refractivity contribution < 1.29 is 0 Å². The van der Waals surface area contributed by atoms with Crippen LogP contribution in [-0.4, -0.2) is 33.1 Å². The van der Waals surface area contributed by atoms with E-state index in [4.69, 9.17) is 0 Å². The van der Waals surface area contributed by atoms with Crippen molar-refractivity contribution in [1.82, 2.24) is 20.1 Å². The van der Waals surface area contributed by atoms with Gasteiger partial charge >= 0.3 is 5.69 Å². The number of nitrogens with zero attached hydrogens (tertiary/aromatic N) is 2. The second-order valence-corrected chi connectivity index (χ2v) is 6.52. The van der Waals surface area contributed by atoms with E-state index in [1.54, 1.807) is 16.3 Å². The predicted octanol–water partition coefficient (Wildman–Crippen LogP) is 2.24. The van der Waals surface area contributed by atoms with E-state index < -0.39 is 0 Å². The second-order valence-electron chi connectivity index (χ2n) is 5.46. The quantitative estimate of drug-likeness (QED) is 0.723. The molecule has 6 heteroatoms. The standard InChI is InChI=1S/C14H26N4OS/c1-3-9-18-13(19)16-17-14(18)20-10-8-11-6-5-7-12(11)15-4-2/h11-12,15H,3-10H2,1-2H3,(H,16,19). The van der Waals surface area contributed by atoms with E-state index in [1.807, 2.05) is 0 Å². The molecular formula is C14H26N4OS. The number of H-pyrrole nitrogens is 1. The van der Waals surface area contributed by atoms with Gasteiger partial charge in [0.25, 0.3) is 0 Å². The molecule has 1 aromatic rings. The summed E-state index contributed by atoms with van der Waals surface area (Å²) in [7, 11) is 0. The molecule has 0 bridgehead atoms. The fourth-order valence-electron chi connectivity index (χ4n) is 3.05. The summed E-state index contributed by atoms with van der Waals surface area (Å²) in [6, 6.07) is 0.692. The molecule has 1 aromatic heterocycles. The van der Waals surface area contributed by atoms with Crippen LogP contribution in [0.25, 0.3) is 0 Å². The highest BCUT2D eigenvalue weighted by Gasteiger charge is 2.26. The van der Waals surface area contributed by atoms with Crippen LogP contribution >= 0.6 is 11.8 Å². The Labute approximate surface area is 124 Å². The van der Waals surface area contributed by atoms with Gasteiger partial charge in [0.1, 0.15) is 0 Å². The van der Waals surface area contributed by atoms with Gasteiger partial charge in [-0.2, -0.15) is 0 Å². The van der Waals surface area contributed by atoms with Crippen molar-refractivity contribution in [3.63, 3.8) is 0 Å². The van der Waals surface area contributed by atoms with Crippen molar-refractivity contribution in [2.24, 2.45) is 5.92 Å². The minimum absolute atomic E-state index is 0.0826. The van der Waals surface area contributed by atoms with Gasteiger partial charge in [0.2, 0.25) is 0 Å². The molecule has 2 atom stereocenters. The molecule has 1 aliphatic rings. The third-order valence-corrected chi connectivity index (χ3v) is 5.03. The largest absolute Gasteiger partial charge is 0.343 e. The van der Waals surface area contributed by atoms with Crippen LogP contribution < -0.4 is 11.0 Å². The molecule has 2 unspecified atom stereocenters. The lowest BCUT2D eigenvalue weighted by molar-refractivity contribution is 0.400. The number of rotatable bonds is 8. The Kier molecular flexibility index (Phi) is 6.16. The van der Waals surface area contributed by atoms with Crippen LogP contribution in [0.3, 0.4) is 0 Å². The number of aromatic nitrogens is 3. The summed E-state index contributed by atoms with van der Waals surface area (Å²) >= 11 is 1.71. The highest BCUT2D eigenvalue weighted by Crippen LogP contribution is 2.30. The van der Waals surface area contributed by atoms with Crippen molar-refractivity contribution in [3.05, 3.63) is 10.5 Å². The molecule has 0 radical (unpaired) electrons. The fraction of sp³-hybridized carbons (Fsp3) is 0.857. The number of hydrogen-bond acceptors (Lipinski definition) is 4. The number of hydrogen-bond donors (Lipinski definition) is 2. The van der Waals surface area contributed by atoms with Crippen LogP contribution in [0.2, 0.25) is 0 Å². The van der Waals surface area contributed by atoms with Gasteiger partial charge in [-0.1, -0.05) is 32.0 Å². The molecule has 0 spiro atoms. The summed E-state index contributed by atoms with van der Waals surface area (Å²) in [5, 5.41) is 11.1. The Hall–Kier alpha value is -0.750. The minimum Gasteiger partial charge on any atom is -0.314 e. The van der Waals surface area contributed by atoms with Crippen molar-refractivity contribution in [3.8, 4) is 0 Å². The molecule has 0 aromatic carbocycles. The lowest BCUT2D eigenvalue weighted by Crippen LogP contribution is -2.32. The van der Waals surface area contributed by atoms with E-state index in [1.165, 1.54) is 25.7 Å². The van der Waals surface area contributed by atoms with E-state index in [2.05, 4.69) is 29.4 Å². The van der Waals surface area contributed by atoms with Gasteiger partial charge in [-0.05, 0) is 38.1 Å². The molecule has 1 aliphatic carbocycles. The molecule has 114 valence electrons. The van der Waals surface area contributed by atoms with E-state index in [0.29, 0.717) is 6.04 Å². The normalized spacial score (nSPS) is 22.5. The van der Waals surface area contributed by atoms with Gasteiger partial charge < -0.3 is 5.32 Å². The maximum atomic E-state index is 11.6. The second kappa shape index (κ2) is 7.88. The monoisotopic (exact) mass is 298 g/mol. The molecular weight excluding hydrogens is 272 g/mol. The van der Waals surface area contributed by atoms with Crippen molar-refractivity contribution >= 4 is 11.8 Å². The van der Waals surface area contributed by atoms with Crippen molar-refractivity contribution in [2.45, 2.75) is 63.7 Å². The highest BCUT2D eigenvalue weighted by molar-refractivity contribution is 7.99. The maximum Gasteiger partial charge on any atom is 0.343 e. The molecule has 2 N–H and O–H groups in total. The molecule has 2 rings (SSSR count). The number of thioether (sulfide) groups is 1. The number of nitrogens with one attached hydrogen (secondary N) is 2. The Bertz CT molecular complexity index is 456. The third kappa shape index (κ3) is 3.88. The van der Waals surface area contributed by atoms with Gasteiger partial charge in [0, 0.05) is 18.3 Å². The first-order valence-electron chi connectivity index (χ1n) is 7.77. The summed E-state index contributed by atoms with van der Waals surface area (Å²) in [6.45, 7) is 6.07. The Morgan fingerprint density at radius 2 is 2.30 bits per heavy atom. The van der Waals surface area contributed by atoms with Crippen LogP contribution in [-0.2, 0) is 6.54 Å². The van der Waals surface area contributed by atoms with E-state index in [-0.39, 0.29) is 5.69 Å². The average Bonchev–Trinajstić information content (AvgIpc) is 3.01. The molecule has 1 fully saturated rings. The zero-order valence-corrected chi connectivity index (χ0v) is 13.3. The maximum absolute atomic E-state index is 11.6. The molecule has 5 nitrogen and oxygen atoms in total. The zero-order valence-electron chi connectivity index (χ0n) is 12.5. The number of aromatic amines is 1. The summed E-state index contributed by atoms with van der Waals surface area (Å²) < 4.78 is 1.75. The van der Waals surface area contributed by atoms with Crippen LogP contribution in [0.5, 0.6) is 0 Å². The molecule has 0 amide bonds.